The monoisotopic (exact) mass is 562 g/mol. The summed E-state index contributed by atoms with van der Waals surface area (Å²) < 4.78 is 46.4. The summed E-state index contributed by atoms with van der Waals surface area (Å²) in [6, 6.07) is 9.48. The van der Waals surface area contributed by atoms with E-state index in [-0.39, 0.29) is 36.4 Å². The van der Waals surface area contributed by atoms with Gasteiger partial charge in [0.15, 0.2) is 5.69 Å². The maximum Gasteiger partial charge on any atom is 0.417 e. The second kappa shape index (κ2) is 11.5. The summed E-state index contributed by atoms with van der Waals surface area (Å²) in [5.41, 5.74) is -0.487. The van der Waals surface area contributed by atoms with Crippen molar-refractivity contribution in [2.45, 2.75) is 32.5 Å². The fraction of sp³-hybridized carbons (Fsp3) is 0.333. The first-order valence-corrected chi connectivity index (χ1v) is 12.7. The van der Waals surface area contributed by atoms with Gasteiger partial charge in [-0.25, -0.2) is 14.8 Å². The summed E-state index contributed by atoms with van der Waals surface area (Å²) >= 11 is 5.76. The number of carbonyl (C=O) groups excluding carboxylic acids is 1. The smallest absolute Gasteiger partial charge is 0.417 e. The van der Waals surface area contributed by atoms with E-state index >= 15 is 0 Å². The summed E-state index contributed by atoms with van der Waals surface area (Å²) in [4.78, 5) is 37.2. The second-order valence-corrected chi connectivity index (χ2v) is 9.29. The fourth-order valence-electron chi connectivity index (χ4n) is 4.64. The lowest BCUT2D eigenvalue weighted by molar-refractivity contribution is -0.138. The predicted octanol–water partition coefficient (Wildman–Crippen LogP) is 5.65. The number of pyridine rings is 2. The Kier molecular flexibility index (Phi) is 8.29. The van der Waals surface area contributed by atoms with E-state index < -0.39 is 29.2 Å². The minimum atomic E-state index is -4.75. The minimum absolute atomic E-state index is 0.0904. The highest BCUT2D eigenvalue weighted by molar-refractivity contribution is 6.30. The van der Waals surface area contributed by atoms with Gasteiger partial charge >= 0.3 is 12.1 Å². The summed E-state index contributed by atoms with van der Waals surface area (Å²) in [6.45, 7) is 4.44. The SMILES string of the molecule is CCOc1ncccc1-c1ccc(N2CCN(C(=O)c3ccc(Cl)cc3C(F)(F)F)C[C@H]2CC)c(C(=O)O)n1. The van der Waals surface area contributed by atoms with Gasteiger partial charge in [0.25, 0.3) is 5.91 Å². The van der Waals surface area contributed by atoms with Gasteiger partial charge in [-0.3, -0.25) is 4.79 Å². The van der Waals surface area contributed by atoms with Crippen molar-refractivity contribution in [3.8, 4) is 17.1 Å². The van der Waals surface area contributed by atoms with E-state index in [0.717, 1.165) is 12.1 Å². The van der Waals surface area contributed by atoms with Gasteiger partial charge in [0.2, 0.25) is 5.88 Å². The van der Waals surface area contributed by atoms with Gasteiger partial charge in [-0.05, 0) is 55.8 Å². The number of carboxylic acids is 1. The van der Waals surface area contributed by atoms with Crippen LogP contribution in [0, 0.1) is 0 Å². The maximum atomic E-state index is 13.6. The third kappa shape index (κ3) is 5.93. The molecule has 1 N–H and O–H groups in total. The average molecular weight is 563 g/mol. The quantitative estimate of drug-likeness (QED) is 0.397. The minimum Gasteiger partial charge on any atom is -0.477 e. The van der Waals surface area contributed by atoms with Crippen LogP contribution in [0.2, 0.25) is 5.02 Å². The summed E-state index contributed by atoms with van der Waals surface area (Å²) in [5, 5.41) is 9.88. The molecule has 12 heteroatoms. The molecule has 0 aliphatic carbocycles. The number of nitrogens with zero attached hydrogens (tertiary/aromatic N) is 4. The zero-order valence-electron chi connectivity index (χ0n) is 21.2. The lowest BCUT2D eigenvalue weighted by Crippen LogP contribution is -2.55. The number of amides is 1. The molecule has 4 rings (SSSR count). The van der Waals surface area contributed by atoms with Crippen LogP contribution < -0.4 is 9.64 Å². The zero-order valence-corrected chi connectivity index (χ0v) is 22.0. The molecule has 0 saturated carbocycles. The van der Waals surface area contributed by atoms with E-state index in [1.807, 2.05) is 18.7 Å². The highest BCUT2D eigenvalue weighted by Gasteiger charge is 2.38. The maximum absolute atomic E-state index is 13.6. The van der Waals surface area contributed by atoms with Gasteiger partial charge in [-0.15, -0.1) is 0 Å². The van der Waals surface area contributed by atoms with Crippen LogP contribution in [0.15, 0.2) is 48.7 Å². The third-order valence-electron chi connectivity index (χ3n) is 6.47. The molecule has 8 nitrogen and oxygen atoms in total. The van der Waals surface area contributed by atoms with Crippen molar-refractivity contribution in [3.63, 3.8) is 0 Å². The predicted molar refractivity (Wildman–Crippen MR) is 139 cm³/mol. The standard InChI is InChI=1S/C27H26ClF3N4O4/c1-3-17-15-34(25(36)18-8-7-16(28)14-20(18)27(29,30)31)12-13-35(17)22-10-9-21(33-23(22)26(37)38)19-6-5-11-32-24(19)39-4-2/h5-11,14,17H,3-4,12-13,15H2,1-2H3,(H,37,38)/t17-/m1/s1. The van der Waals surface area contributed by atoms with Crippen molar-refractivity contribution < 1.29 is 32.6 Å². The van der Waals surface area contributed by atoms with Crippen LogP contribution in [0.5, 0.6) is 5.88 Å². The first-order valence-electron chi connectivity index (χ1n) is 12.3. The number of aromatic carboxylic acids is 1. The molecule has 2 aromatic heterocycles. The summed E-state index contributed by atoms with van der Waals surface area (Å²) in [7, 11) is 0. The first-order chi connectivity index (χ1) is 18.5. The van der Waals surface area contributed by atoms with Crippen LogP contribution in [0.1, 0.15) is 46.7 Å². The number of halogens is 4. The molecule has 39 heavy (non-hydrogen) atoms. The fourth-order valence-corrected chi connectivity index (χ4v) is 4.81. The Labute approximate surface area is 228 Å². The molecule has 3 heterocycles. The number of hydrogen-bond acceptors (Lipinski definition) is 6. The molecule has 0 spiro atoms. The molecule has 206 valence electrons. The Hall–Kier alpha value is -3.86. The molecule has 1 saturated heterocycles. The van der Waals surface area contributed by atoms with E-state index in [0.29, 0.717) is 35.9 Å². The number of piperazine rings is 1. The number of carbonyl (C=O) groups is 2. The van der Waals surface area contributed by atoms with E-state index in [1.54, 1.807) is 30.5 Å². The average Bonchev–Trinajstić information content (AvgIpc) is 2.92. The Balaban J connectivity index is 1.63. The molecule has 0 bridgehead atoms. The molecule has 1 aliphatic heterocycles. The van der Waals surface area contributed by atoms with Crippen LogP contribution in [0.25, 0.3) is 11.3 Å². The van der Waals surface area contributed by atoms with Crippen LogP contribution >= 0.6 is 11.6 Å². The van der Waals surface area contributed by atoms with Gasteiger partial charge in [0.05, 0.1) is 34.7 Å². The number of rotatable bonds is 7. The molecule has 0 radical (unpaired) electrons. The lowest BCUT2D eigenvalue weighted by atomic mass is 10.0. The number of hydrogen-bond donors (Lipinski definition) is 1. The van der Waals surface area contributed by atoms with E-state index in [9.17, 15) is 27.9 Å². The van der Waals surface area contributed by atoms with Crippen molar-refractivity contribution in [3.05, 3.63) is 70.5 Å². The largest absolute Gasteiger partial charge is 0.477 e. The number of aromatic nitrogens is 2. The normalized spacial score (nSPS) is 15.8. The topological polar surface area (TPSA) is 95.9 Å². The summed E-state index contributed by atoms with van der Waals surface area (Å²) in [5.74, 6) is -1.67. The molecular formula is C27H26ClF3N4O4. The van der Waals surface area contributed by atoms with Crippen LogP contribution in [-0.4, -0.2) is 64.1 Å². The van der Waals surface area contributed by atoms with Gasteiger partial charge in [0.1, 0.15) is 0 Å². The van der Waals surface area contributed by atoms with Crippen molar-refractivity contribution in [2.75, 3.05) is 31.1 Å². The van der Waals surface area contributed by atoms with Gasteiger partial charge in [-0.2, -0.15) is 13.2 Å². The Morgan fingerprint density at radius 3 is 2.59 bits per heavy atom. The lowest BCUT2D eigenvalue weighted by Gasteiger charge is -2.43. The van der Waals surface area contributed by atoms with Crippen LogP contribution in [-0.2, 0) is 6.18 Å². The number of carboxylic acid groups (broad SMARTS) is 1. The number of benzene rings is 1. The highest BCUT2D eigenvalue weighted by atomic mass is 35.5. The second-order valence-electron chi connectivity index (χ2n) is 8.85. The first kappa shape index (κ1) is 28.2. The van der Waals surface area contributed by atoms with E-state index in [2.05, 4.69) is 9.97 Å². The van der Waals surface area contributed by atoms with Crippen molar-refractivity contribution in [1.29, 1.82) is 0 Å². The summed E-state index contributed by atoms with van der Waals surface area (Å²) in [6.07, 6.45) is -2.67. The third-order valence-corrected chi connectivity index (χ3v) is 6.71. The Morgan fingerprint density at radius 1 is 1.15 bits per heavy atom. The molecule has 3 aromatic rings. The van der Waals surface area contributed by atoms with Gasteiger partial charge in [-0.1, -0.05) is 18.5 Å². The Morgan fingerprint density at radius 2 is 1.92 bits per heavy atom. The van der Waals surface area contributed by atoms with Crippen molar-refractivity contribution in [1.82, 2.24) is 14.9 Å². The molecule has 1 fully saturated rings. The number of anilines is 1. The van der Waals surface area contributed by atoms with Crippen molar-refractivity contribution in [2.24, 2.45) is 0 Å². The van der Waals surface area contributed by atoms with Gasteiger partial charge < -0.3 is 19.6 Å². The van der Waals surface area contributed by atoms with E-state index in [1.165, 1.54) is 11.0 Å². The molecule has 1 aromatic carbocycles. The van der Waals surface area contributed by atoms with Crippen LogP contribution in [0.4, 0.5) is 18.9 Å². The Bertz CT molecular complexity index is 1390. The molecular weight excluding hydrogens is 537 g/mol. The molecule has 1 amide bonds. The molecule has 1 atom stereocenters. The van der Waals surface area contributed by atoms with Crippen molar-refractivity contribution >= 4 is 29.2 Å². The van der Waals surface area contributed by atoms with E-state index in [4.69, 9.17) is 16.3 Å². The van der Waals surface area contributed by atoms with Gasteiger partial charge in [0, 0.05) is 36.9 Å². The number of alkyl halides is 3. The number of ether oxygens (including phenoxy) is 1. The molecule has 1 aliphatic rings. The highest BCUT2D eigenvalue weighted by Crippen LogP contribution is 2.36. The zero-order chi connectivity index (χ0) is 28.3. The van der Waals surface area contributed by atoms with Crippen LogP contribution in [0.3, 0.4) is 0 Å². The molecule has 0 unspecified atom stereocenters.